The monoisotopic (exact) mass is 311 g/mol. The maximum atomic E-state index is 11.2. The highest BCUT2D eigenvalue weighted by atomic mass is 79.9. The molecule has 0 spiro atoms. The first-order chi connectivity index (χ1) is 8.08. The third-order valence-electron chi connectivity index (χ3n) is 2.21. The molecule has 0 atom stereocenters. The minimum atomic E-state index is 0.0564. The summed E-state index contributed by atoms with van der Waals surface area (Å²) in [5, 5.41) is 4.81. The molecule has 0 amide bonds. The lowest BCUT2D eigenvalue weighted by Crippen LogP contribution is -1.94. The summed E-state index contributed by atoms with van der Waals surface area (Å²) in [4.78, 5) is 16.4. The summed E-state index contributed by atoms with van der Waals surface area (Å²) in [6, 6.07) is 5.53. The second-order valence-corrected chi connectivity index (χ2v) is 5.33. The van der Waals surface area contributed by atoms with Gasteiger partial charge in [-0.05, 0) is 46.7 Å². The van der Waals surface area contributed by atoms with Crippen LogP contribution in [0.5, 0.6) is 0 Å². The number of halogens is 1. The van der Waals surface area contributed by atoms with Crippen molar-refractivity contribution in [2.75, 3.05) is 0 Å². The Morgan fingerprint density at radius 2 is 2.24 bits per heavy atom. The number of hydrogen-bond acceptors (Lipinski definition) is 4. The molecule has 2 aromatic rings. The average Bonchev–Trinajstić information content (AvgIpc) is 2.67. The lowest BCUT2D eigenvalue weighted by Gasteiger charge is -2.04. The number of nitrogens with zero attached hydrogens (tertiary/aromatic N) is 3. The molecule has 1 aromatic heterocycles. The Morgan fingerprint density at radius 1 is 1.47 bits per heavy atom. The smallest absolute Gasteiger partial charge is 0.190 e. The molecule has 0 N–H and O–H groups in total. The summed E-state index contributed by atoms with van der Waals surface area (Å²) >= 11 is 4.95. The van der Waals surface area contributed by atoms with E-state index < -0.39 is 0 Å². The highest BCUT2D eigenvalue weighted by molar-refractivity contribution is 9.10. The summed E-state index contributed by atoms with van der Waals surface area (Å²) in [5.41, 5.74) is 0.694. The van der Waals surface area contributed by atoms with Crippen LogP contribution in [0.4, 0.5) is 0 Å². The van der Waals surface area contributed by atoms with Crippen LogP contribution in [0.15, 0.2) is 39.1 Å². The Hall–Kier alpha value is -1.14. The van der Waals surface area contributed by atoms with E-state index in [1.807, 2.05) is 25.2 Å². The third-order valence-corrected chi connectivity index (χ3v) is 4.26. The van der Waals surface area contributed by atoms with E-state index in [0.29, 0.717) is 5.56 Å². The van der Waals surface area contributed by atoms with E-state index in [1.165, 1.54) is 18.1 Å². The summed E-state index contributed by atoms with van der Waals surface area (Å²) in [6.07, 6.45) is 1.51. The van der Waals surface area contributed by atoms with Gasteiger partial charge in [0.15, 0.2) is 10.9 Å². The van der Waals surface area contributed by atoms with Gasteiger partial charge in [0, 0.05) is 22.0 Å². The molecule has 6 heteroatoms. The Morgan fingerprint density at radius 3 is 2.76 bits per heavy atom. The number of hydrogen-bond donors (Lipinski definition) is 0. The van der Waals surface area contributed by atoms with E-state index in [-0.39, 0.29) is 5.78 Å². The Bertz CT molecular complexity index is 568. The zero-order valence-electron chi connectivity index (χ0n) is 9.35. The molecule has 0 unspecified atom stereocenters. The molecule has 1 heterocycles. The summed E-state index contributed by atoms with van der Waals surface area (Å²) in [7, 11) is 1.84. The molecule has 0 radical (unpaired) electrons. The molecular formula is C11H10BrN3OS. The summed E-state index contributed by atoms with van der Waals surface area (Å²) in [6.45, 7) is 1.55. The highest BCUT2D eigenvalue weighted by Crippen LogP contribution is 2.32. The molecule has 0 aliphatic heterocycles. The Balaban J connectivity index is 2.29. The van der Waals surface area contributed by atoms with Gasteiger partial charge in [-0.3, -0.25) is 4.79 Å². The number of benzene rings is 1. The first-order valence-electron chi connectivity index (χ1n) is 4.90. The van der Waals surface area contributed by atoms with Crippen LogP contribution >= 0.6 is 27.7 Å². The minimum absolute atomic E-state index is 0.0564. The predicted molar refractivity (Wildman–Crippen MR) is 69.3 cm³/mol. The number of ketones is 1. The van der Waals surface area contributed by atoms with Gasteiger partial charge in [-0.1, -0.05) is 6.07 Å². The quantitative estimate of drug-likeness (QED) is 0.818. The number of carbonyl (C=O) groups is 1. The Kier molecular flexibility index (Phi) is 3.63. The molecule has 0 saturated carbocycles. The highest BCUT2D eigenvalue weighted by Gasteiger charge is 2.09. The zero-order chi connectivity index (χ0) is 12.4. The van der Waals surface area contributed by atoms with Crippen LogP contribution in [0, 0.1) is 0 Å². The second-order valence-electron chi connectivity index (χ2n) is 3.47. The summed E-state index contributed by atoms with van der Waals surface area (Å²) in [5.74, 6) is 0.0564. The van der Waals surface area contributed by atoms with Crippen molar-refractivity contribution in [3.63, 3.8) is 0 Å². The predicted octanol–water partition coefficient (Wildman–Crippen LogP) is 2.93. The standard InChI is InChI=1S/C11H10BrN3OS/c1-7(16)8-3-4-10(9(12)5-8)17-11-13-6-14-15(11)2/h3-6H,1-2H3. The van der Waals surface area contributed by atoms with E-state index in [4.69, 9.17) is 0 Å². The van der Waals surface area contributed by atoms with E-state index in [2.05, 4.69) is 26.0 Å². The van der Waals surface area contributed by atoms with Crippen LogP contribution < -0.4 is 0 Å². The Labute approximate surface area is 112 Å². The molecule has 17 heavy (non-hydrogen) atoms. The lowest BCUT2D eigenvalue weighted by atomic mass is 10.2. The summed E-state index contributed by atoms with van der Waals surface area (Å²) < 4.78 is 2.59. The van der Waals surface area contributed by atoms with Crippen molar-refractivity contribution in [2.24, 2.45) is 7.05 Å². The molecule has 88 valence electrons. The van der Waals surface area contributed by atoms with Gasteiger partial charge in [-0.2, -0.15) is 5.10 Å². The van der Waals surface area contributed by atoms with Gasteiger partial charge in [0.1, 0.15) is 6.33 Å². The molecule has 4 nitrogen and oxygen atoms in total. The lowest BCUT2D eigenvalue weighted by molar-refractivity contribution is 0.101. The third kappa shape index (κ3) is 2.76. The first-order valence-corrected chi connectivity index (χ1v) is 6.51. The van der Waals surface area contributed by atoms with Gasteiger partial charge in [0.2, 0.25) is 0 Å². The van der Waals surface area contributed by atoms with Gasteiger partial charge in [-0.25, -0.2) is 9.67 Å². The number of rotatable bonds is 3. The van der Waals surface area contributed by atoms with Gasteiger partial charge in [0.25, 0.3) is 0 Å². The van der Waals surface area contributed by atoms with Crippen LogP contribution in [0.3, 0.4) is 0 Å². The van der Waals surface area contributed by atoms with Gasteiger partial charge in [-0.15, -0.1) is 0 Å². The second kappa shape index (κ2) is 5.01. The molecule has 0 aliphatic rings. The maximum absolute atomic E-state index is 11.2. The number of aromatic nitrogens is 3. The average molecular weight is 312 g/mol. The van der Waals surface area contributed by atoms with E-state index >= 15 is 0 Å². The van der Waals surface area contributed by atoms with Crippen molar-refractivity contribution in [3.05, 3.63) is 34.6 Å². The van der Waals surface area contributed by atoms with Crippen LogP contribution in [-0.2, 0) is 7.05 Å². The topological polar surface area (TPSA) is 47.8 Å². The van der Waals surface area contributed by atoms with Gasteiger partial charge >= 0.3 is 0 Å². The van der Waals surface area contributed by atoms with Gasteiger partial charge in [0.05, 0.1) is 0 Å². The first kappa shape index (κ1) is 12.3. The van der Waals surface area contributed by atoms with Crippen LogP contribution in [0.25, 0.3) is 0 Å². The van der Waals surface area contributed by atoms with E-state index in [1.54, 1.807) is 11.6 Å². The molecule has 0 saturated heterocycles. The molecule has 0 fully saturated rings. The largest absolute Gasteiger partial charge is 0.295 e. The van der Waals surface area contributed by atoms with Crippen molar-refractivity contribution in [1.29, 1.82) is 0 Å². The number of carbonyl (C=O) groups excluding carboxylic acids is 1. The van der Waals surface area contributed by atoms with Crippen molar-refractivity contribution < 1.29 is 4.79 Å². The van der Waals surface area contributed by atoms with Crippen LogP contribution in [0.2, 0.25) is 0 Å². The fraction of sp³-hybridized carbons (Fsp3) is 0.182. The van der Waals surface area contributed by atoms with Crippen molar-refractivity contribution in [3.8, 4) is 0 Å². The maximum Gasteiger partial charge on any atom is 0.190 e. The fourth-order valence-electron chi connectivity index (χ4n) is 1.28. The zero-order valence-corrected chi connectivity index (χ0v) is 11.7. The van der Waals surface area contributed by atoms with E-state index in [0.717, 1.165) is 14.5 Å². The van der Waals surface area contributed by atoms with E-state index in [9.17, 15) is 4.79 Å². The van der Waals surface area contributed by atoms with Crippen molar-refractivity contribution in [1.82, 2.24) is 14.8 Å². The van der Waals surface area contributed by atoms with Crippen LogP contribution in [-0.4, -0.2) is 20.5 Å². The van der Waals surface area contributed by atoms with Crippen molar-refractivity contribution >= 4 is 33.5 Å². The molecule has 0 bridgehead atoms. The van der Waals surface area contributed by atoms with Gasteiger partial charge < -0.3 is 0 Å². The number of Topliss-reactive ketones (excluding diaryl/α,β-unsaturated/α-hetero) is 1. The molecule has 2 rings (SSSR count). The molecule has 0 aliphatic carbocycles. The SMILES string of the molecule is CC(=O)c1ccc(Sc2ncnn2C)c(Br)c1. The number of aryl methyl sites for hydroxylation is 1. The minimum Gasteiger partial charge on any atom is -0.295 e. The molecular weight excluding hydrogens is 302 g/mol. The normalized spacial score (nSPS) is 10.5. The fourth-order valence-corrected chi connectivity index (χ4v) is 2.67. The van der Waals surface area contributed by atoms with Crippen LogP contribution in [0.1, 0.15) is 17.3 Å². The molecule has 1 aromatic carbocycles. The van der Waals surface area contributed by atoms with Crippen molar-refractivity contribution in [2.45, 2.75) is 17.0 Å².